The molecule has 1 atom stereocenters. The average molecular weight is 328 g/mol. The van der Waals surface area contributed by atoms with E-state index >= 15 is 0 Å². The van der Waals surface area contributed by atoms with Gasteiger partial charge in [0.15, 0.2) is 6.04 Å². The highest BCUT2D eigenvalue weighted by molar-refractivity contribution is 7.61. The van der Waals surface area contributed by atoms with Crippen LogP contribution in [0, 0.1) is 11.3 Å². The SMILES string of the molecule is N#Cc1cccc(CC(N=S(=O)=O)C(=O)O)c1-c1ccccc1. The Bertz CT molecular complexity index is 891. The summed E-state index contributed by atoms with van der Waals surface area (Å²) >= 11 is 0. The summed E-state index contributed by atoms with van der Waals surface area (Å²) in [6, 6.07) is 14.6. The molecule has 116 valence electrons. The number of carboxylic acids is 1. The molecular formula is C16H12N2O4S. The fourth-order valence-electron chi connectivity index (χ4n) is 2.29. The number of benzene rings is 2. The lowest BCUT2D eigenvalue weighted by molar-refractivity contribution is -0.138. The molecule has 0 spiro atoms. The highest BCUT2D eigenvalue weighted by Crippen LogP contribution is 2.28. The van der Waals surface area contributed by atoms with Crippen LogP contribution in [0.5, 0.6) is 0 Å². The molecule has 2 rings (SSSR count). The van der Waals surface area contributed by atoms with Crippen molar-refractivity contribution < 1.29 is 18.3 Å². The van der Waals surface area contributed by atoms with Crippen LogP contribution in [0.3, 0.4) is 0 Å². The van der Waals surface area contributed by atoms with Crippen molar-refractivity contribution in [2.75, 3.05) is 0 Å². The molecule has 2 aromatic carbocycles. The molecule has 0 bridgehead atoms. The molecule has 0 aliphatic rings. The third kappa shape index (κ3) is 4.02. The molecule has 0 radical (unpaired) electrons. The van der Waals surface area contributed by atoms with E-state index in [0.29, 0.717) is 16.7 Å². The highest BCUT2D eigenvalue weighted by atomic mass is 32.2. The van der Waals surface area contributed by atoms with Gasteiger partial charge in [0, 0.05) is 12.0 Å². The van der Waals surface area contributed by atoms with Crippen molar-refractivity contribution in [3.63, 3.8) is 0 Å². The number of carbonyl (C=O) groups is 1. The first-order valence-corrected chi connectivity index (χ1v) is 7.66. The molecule has 0 amide bonds. The first-order valence-electron chi connectivity index (χ1n) is 6.63. The lowest BCUT2D eigenvalue weighted by Crippen LogP contribution is -2.21. The van der Waals surface area contributed by atoms with Gasteiger partial charge in [-0.25, -0.2) is 4.79 Å². The van der Waals surface area contributed by atoms with Crippen LogP contribution in [0.4, 0.5) is 0 Å². The number of hydrogen-bond acceptors (Lipinski definition) is 5. The van der Waals surface area contributed by atoms with Crippen molar-refractivity contribution in [2.24, 2.45) is 4.36 Å². The van der Waals surface area contributed by atoms with Gasteiger partial charge in [0.1, 0.15) is 0 Å². The van der Waals surface area contributed by atoms with E-state index < -0.39 is 22.5 Å². The van der Waals surface area contributed by atoms with E-state index in [0.717, 1.165) is 5.56 Å². The Morgan fingerprint density at radius 1 is 1.17 bits per heavy atom. The average Bonchev–Trinajstić information content (AvgIpc) is 2.54. The minimum atomic E-state index is -2.82. The van der Waals surface area contributed by atoms with Gasteiger partial charge < -0.3 is 5.11 Å². The Morgan fingerprint density at radius 3 is 2.43 bits per heavy atom. The molecule has 1 N–H and O–H groups in total. The zero-order chi connectivity index (χ0) is 16.8. The molecule has 0 aliphatic heterocycles. The van der Waals surface area contributed by atoms with Crippen molar-refractivity contribution in [1.82, 2.24) is 0 Å². The van der Waals surface area contributed by atoms with E-state index in [1.807, 2.05) is 6.07 Å². The summed E-state index contributed by atoms with van der Waals surface area (Å²) in [7, 11) is -2.82. The van der Waals surface area contributed by atoms with Gasteiger partial charge >= 0.3 is 16.5 Å². The minimum absolute atomic E-state index is 0.122. The molecule has 0 heterocycles. The number of hydrogen-bond donors (Lipinski definition) is 1. The van der Waals surface area contributed by atoms with E-state index in [2.05, 4.69) is 10.4 Å². The smallest absolute Gasteiger partial charge is 0.330 e. The van der Waals surface area contributed by atoms with Gasteiger partial charge in [0.2, 0.25) is 0 Å². The van der Waals surface area contributed by atoms with Crippen LogP contribution >= 0.6 is 0 Å². The maximum atomic E-state index is 11.2. The summed E-state index contributed by atoms with van der Waals surface area (Å²) < 4.78 is 24.6. The van der Waals surface area contributed by atoms with E-state index in [9.17, 15) is 18.5 Å². The van der Waals surface area contributed by atoms with E-state index in [1.54, 1.807) is 42.5 Å². The molecule has 0 saturated carbocycles. The van der Waals surface area contributed by atoms with E-state index in [4.69, 9.17) is 5.11 Å². The topological polar surface area (TPSA) is 108 Å². The molecule has 6 nitrogen and oxygen atoms in total. The third-order valence-electron chi connectivity index (χ3n) is 3.25. The molecule has 0 saturated heterocycles. The predicted molar refractivity (Wildman–Crippen MR) is 83.1 cm³/mol. The van der Waals surface area contributed by atoms with Crippen molar-refractivity contribution >= 4 is 16.5 Å². The third-order valence-corrected chi connectivity index (χ3v) is 3.67. The minimum Gasteiger partial charge on any atom is -0.480 e. The van der Waals surface area contributed by atoms with Crippen LogP contribution in [0.25, 0.3) is 11.1 Å². The maximum Gasteiger partial charge on any atom is 0.330 e. The van der Waals surface area contributed by atoms with Gasteiger partial charge in [-0.2, -0.15) is 18.0 Å². The van der Waals surface area contributed by atoms with Crippen molar-refractivity contribution in [1.29, 1.82) is 5.26 Å². The van der Waals surface area contributed by atoms with Crippen LogP contribution in [-0.2, 0) is 21.7 Å². The zero-order valence-corrected chi connectivity index (χ0v) is 12.7. The van der Waals surface area contributed by atoms with Crippen molar-refractivity contribution in [3.8, 4) is 17.2 Å². The van der Waals surface area contributed by atoms with Gasteiger partial charge in [0.05, 0.1) is 11.6 Å². The zero-order valence-electron chi connectivity index (χ0n) is 11.9. The summed E-state index contributed by atoms with van der Waals surface area (Å²) in [5, 5.41) is 18.4. The first kappa shape index (κ1) is 16.4. The molecule has 2 aromatic rings. The Balaban J connectivity index is 2.58. The quantitative estimate of drug-likeness (QED) is 0.906. The monoisotopic (exact) mass is 328 g/mol. The largest absolute Gasteiger partial charge is 0.480 e. The van der Waals surface area contributed by atoms with Gasteiger partial charge in [-0.15, -0.1) is 0 Å². The summed E-state index contributed by atoms with van der Waals surface area (Å²) in [6.07, 6.45) is -0.122. The molecule has 0 aliphatic carbocycles. The van der Waals surface area contributed by atoms with Crippen molar-refractivity contribution in [3.05, 3.63) is 59.7 Å². The number of nitriles is 1. The van der Waals surface area contributed by atoms with E-state index in [1.165, 1.54) is 0 Å². The standard InChI is InChI=1S/C16H12N2O4S/c17-10-13-8-4-7-12(9-14(16(19)20)18-23(21)22)15(13)11-5-2-1-3-6-11/h1-8,14H,9H2,(H,19,20). The van der Waals surface area contributed by atoms with Crippen LogP contribution in [0.2, 0.25) is 0 Å². The molecule has 0 aromatic heterocycles. The normalized spacial score (nSPS) is 11.3. The number of carboxylic acid groups (broad SMARTS) is 1. The van der Waals surface area contributed by atoms with Gasteiger partial charge in [-0.3, -0.25) is 0 Å². The van der Waals surface area contributed by atoms with Crippen LogP contribution < -0.4 is 0 Å². The van der Waals surface area contributed by atoms with Crippen LogP contribution in [0.15, 0.2) is 52.9 Å². The summed E-state index contributed by atoms with van der Waals surface area (Å²) in [5.41, 5.74) is 2.29. The molecule has 7 heteroatoms. The fraction of sp³-hybridized carbons (Fsp3) is 0.125. The number of rotatable bonds is 5. The lowest BCUT2D eigenvalue weighted by Gasteiger charge is -2.13. The van der Waals surface area contributed by atoms with Crippen molar-refractivity contribution in [2.45, 2.75) is 12.5 Å². The summed E-state index contributed by atoms with van der Waals surface area (Å²) in [5.74, 6) is -1.34. The van der Waals surface area contributed by atoms with Gasteiger partial charge in [0.25, 0.3) is 0 Å². The Labute approximate surface area is 134 Å². The van der Waals surface area contributed by atoms with Gasteiger partial charge in [-0.1, -0.05) is 42.5 Å². The Kier molecular flexibility index (Phi) is 5.23. The molecule has 1 unspecified atom stereocenters. The number of aliphatic carboxylic acids is 1. The maximum absolute atomic E-state index is 11.2. The first-order chi connectivity index (χ1) is 11.0. The Morgan fingerprint density at radius 2 is 1.87 bits per heavy atom. The van der Waals surface area contributed by atoms with E-state index in [-0.39, 0.29) is 6.42 Å². The van der Waals surface area contributed by atoms with Gasteiger partial charge in [-0.05, 0) is 17.2 Å². The molecule has 0 fully saturated rings. The summed E-state index contributed by atoms with van der Waals surface area (Å²) in [4.78, 5) is 11.2. The second-order valence-corrected chi connectivity index (χ2v) is 5.34. The predicted octanol–water partition coefficient (Wildman–Crippen LogP) is 2.28. The molecular weight excluding hydrogens is 316 g/mol. The van der Waals surface area contributed by atoms with Crippen LogP contribution in [0.1, 0.15) is 11.1 Å². The second-order valence-electron chi connectivity index (χ2n) is 4.70. The second kappa shape index (κ2) is 7.33. The fourth-order valence-corrected chi connectivity index (χ4v) is 2.66. The number of nitrogens with zero attached hydrogens (tertiary/aromatic N) is 2. The summed E-state index contributed by atoms with van der Waals surface area (Å²) in [6.45, 7) is 0. The molecule has 23 heavy (non-hydrogen) atoms. The Hall–Kier alpha value is -2.98. The highest BCUT2D eigenvalue weighted by Gasteiger charge is 2.21. The lowest BCUT2D eigenvalue weighted by atomic mass is 9.91. The van der Waals surface area contributed by atoms with Crippen LogP contribution in [-0.4, -0.2) is 25.5 Å².